The number of nitrogens with one attached hydrogen (secondary N) is 1. The van der Waals surface area contributed by atoms with Crippen molar-refractivity contribution in [2.24, 2.45) is 0 Å². The zero-order valence-corrected chi connectivity index (χ0v) is 9.94. The lowest BCUT2D eigenvalue weighted by molar-refractivity contribution is 0.224. The summed E-state index contributed by atoms with van der Waals surface area (Å²) in [6.07, 6.45) is 5.48. The first-order valence-corrected chi connectivity index (χ1v) is 5.49. The van der Waals surface area contributed by atoms with Gasteiger partial charge in [-0.15, -0.1) is 0 Å². The second kappa shape index (κ2) is 5.92. The number of imidazole rings is 1. The van der Waals surface area contributed by atoms with E-state index in [1.54, 1.807) is 30.3 Å². The van der Waals surface area contributed by atoms with E-state index in [1.807, 2.05) is 0 Å². The predicted molar refractivity (Wildman–Crippen MR) is 63.7 cm³/mol. The number of hydrogen-bond acceptors (Lipinski definition) is 7. The summed E-state index contributed by atoms with van der Waals surface area (Å²) in [5.74, 6) is 0.832. The second-order valence-corrected chi connectivity index (χ2v) is 3.39. The maximum atomic E-state index is 8.69. The number of anilines is 1. The Morgan fingerprint density at radius 1 is 1.39 bits per heavy atom. The van der Waals surface area contributed by atoms with Gasteiger partial charge in [0.15, 0.2) is 0 Å². The smallest absolute Gasteiger partial charge is 0.323 e. The summed E-state index contributed by atoms with van der Waals surface area (Å²) in [6.45, 7) is 0.422. The van der Waals surface area contributed by atoms with Crippen molar-refractivity contribution >= 4 is 5.95 Å². The van der Waals surface area contributed by atoms with Gasteiger partial charge in [-0.3, -0.25) is 4.57 Å². The molecule has 0 bridgehead atoms. The molecule has 0 aromatic carbocycles. The minimum absolute atomic E-state index is 0.0678. The van der Waals surface area contributed by atoms with E-state index in [0.717, 1.165) is 0 Å². The summed E-state index contributed by atoms with van der Waals surface area (Å²) in [5, 5.41) is 11.5. The van der Waals surface area contributed by atoms with Crippen molar-refractivity contribution in [1.29, 1.82) is 0 Å². The maximum absolute atomic E-state index is 8.69. The van der Waals surface area contributed by atoms with E-state index >= 15 is 0 Å². The highest BCUT2D eigenvalue weighted by molar-refractivity contribution is 5.29. The first-order chi connectivity index (χ1) is 8.83. The number of nitrogens with zero attached hydrogens (tertiary/aromatic N) is 5. The molecule has 2 rings (SSSR count). The van der Waals surface area contributed by atoms with Crippen LogP contribution in [-0.2, 0) is 0 Å². The first-order valence-electron chi connectivity index (χ1n) is 5.49. The molecule has 2 aromatic rings. The Morgan fingerprint density at radius 3 is 2.94 bits per heavy atom. The Labute approximate surface area is 104 Å². The number of rotatable bonds is 6. The highest BCUT2D eigenvalue weighted by Gasteiger charge is 2.07. The topological polar surface area (TPSA) is 98.0 Å². The summed E-state index contributed by atoms with van der Waals surface area (Å²) < 4.78 is 6.99. The number of aromatic nitrogens is 5. The number of ether oxygens (including phenoxy) is 1. The molecule has 0 aliphatic rings. The molecule has 2 heterocycles. The van der Waals surface area contributed by atoms with Gasteiger partial charge in [0.2, 0.25) is 11.9 Å². The van der Waals surface area contributed by atoms with Gasteiger partial charge in [0.05, 0.1) is 6.61 Å². The van der Waals surface area contributed by atoms with Crippen molar-refractivity contribution in [2.45, 2.75) is 6.42 Å². The van der Waals surface area contributed by atoms with Gasteiger partial charge in [-0.05, 0) is 0 Å². The second-order valence-electron chi connectivity index (χ2n) is 3.39. The van der Waals surface area contributed by atoms with Crippen molar-refractivity contribution in [3.8, 4) is 12.0 Å². The van der Waals surface area contributed by atoms with Crippen LogP contribution in [0.2, 0.25) is 0 Å². The van der Waals surface area contributed by atoms with Crippen molar-refractivity contribution in [1.82, 2.24) is 24.5 Å². The van der Waals surface area contributed by atoms with Crippen LogP contribution in [0.15, 0.2) is 18.7 Å². The minimum Gasteiger partial charge on any atom is -0.463 e. The molecule has 0 spiro atoms. The molecule has 96 valence electrons. The van der Waals surface area contributed by atoms with Gasteiger partial charge in [-0.1, -0.05) is 0 Å². The van der Waals surface area contributed by atoms with E-state index in [4.69, 9.17) is 9.84 Å². The predicted octanol–water partition coefficient (Wildman–Crippen LogP) is -0.140. The number of aliphatic hydroxyl groups is 1. The molecule has 0 atom stereocenters. The fourth-order valence-electron chi connectivity index (χ4n) is 1.24. The summed E-state index contributed by atoms with van der Waals surface area (Å²) in [5.41, 5.74) is 0. The van der Waals surface area contributed by atoms with Gasteiger partial charge in [-0.25, -0.2) is 4.98 Å². The molecule has 2 aromatic heterocycles. The Balaban J connectivity index is 2.22. The number of hydrogen-bond donors (Lipinski definition) is 2. The van der Waals surface area contributed by atoms with Crippen molar-refractivity contribution in [3.63, 3.8) is 0 Å². The standard InChI is InChI=1S/C10H14N6O2/c1-11-8-13-9(16-4-3-12-7-16)15-10(14-8)18-6-2-5-17/h3-4,7,17H,2,5-6H2,1H3,(H,11,13,14,15). The van der Waals surface area contributed by atoms with Crippen LogP contribution in [0.5, 0.6) is 6.01 Å². The van der Waals surface area contributed by atoms with Crippen molar-refractivity contribution in [3.05, 3.63) is 18.7 Å². The zero-order valence-electron chi connectivity index (χ0n) is 9.94. The highest BCUT2D eigenvalue weighted by atomic mass is 16.5. The van der Waals surface area contributed by atoms with E-state index in [0.29, 0.717) is 24.9 Å². The van der Waals surface area contributed by atoms with Crippen LogP contribution in [0.3, 0.4) is 0 Å². The van der Waals surface area contributed by atoms with Gasteiger partial charge < -0.3 is 15.2 Å². The molecule has 0 aliphatic carbocycles. The zero-order chi connectivity index (χ0) is 12.8. The summed E-state index contributed by atoms with van der Waals surface area (Å²) in [6, 6.07) is 0.214. The largest absolute Gasteiger partial charge is 0.463 e. The van der Waals surface area contributed by atoms with Crippen LogP contribution in [0, 0.1) is 0 Å². The van der Waals surface area contributed by atoms with Crippen LogP contribution in [0.25, 0.3) is 5.95 Å². The molecule has 18 heavy (non-hydrogen) atoms. The molecule has 2 N–H and O–H groups in total. The molecular formula is C10H14N6O2. The molecule has 0 amide bonds. The third-order valence-electron chi connectivity index (χ3n) is 2.10. The number of aliphatic hydroxyl groups excluding tert-OH is 1. The molecule has 0 aliphatic heterocycles. The van der Waals surface area contributed by atoms with Crippen molar-refractivity contribution < 1.29 is 9.84 Å². The van der Waals surface area contributed by atoms with E-state index in [9.17, 15) is 0 Å². The van der Waals surface area contributed by atoms with Crippen LogP contribution in [0.1, 0.15) is 6.42 Å². The molecular weight excluding hydrogens is 236 g/mol. The average molecular weight is 250 g/mol. The molecule has 0 radical (unpaired) electrons. The van der Waals surface area contributed by atoms with E-state index < -0.39 is 0 Å². The molecule has 8 nitrogen and oxygen atoms in total. The Morgan fingerprint density at radius 2 is 2.28 bits per heavy atom. The van der Waals surface area contributed by atoms with Gasteiger partial charge in [-0.2, -0.15) is 15.0 Å². The first kappa shape index (κ1) is 12.2. The van der Waals surface area contributed by atoms with Crippen LogP contribution in [-0.4, -0.2) is 49.9 Å². The maximum Gasteiger partial charge on any atom is 0.323 e. The quantitative estimate of drug-likeness (QED) is 0.688. The Hall–Kier alpha value is -2.22. The van der Waals surface area contributed by atoms with Gasteiger partial charge >= 0.3 is 6.01 Å². The summed E-state index contributed by atoms with van der Waals surface area (Å²) >= 11 is 0. The van der Waals surface area contributed by atoms with Gasteiger partial charge in [0, 0.05) is 32.5 Å². The van der Waals surface area contributed by atoms with E-state index in [2.05, 4.69) is 25.3 Å². The Kier molecular flexibility index (Phi) is 4.02. The molecule has 0 fully saturated rings. The molecule has 0 saturated carbocycles. The SMILES string of the molecule is CNc1nc(OCCCO)nc(-n2ccnc2)n1. The molecule has 8 heteroatoms. The Bertz CT molecular complexity index is 487. The third kappa shape index (κ3) is 2.92. The third-order valence-corrected chi connectivity index (χ3v) is 2.10. The lowest BCUT2D eigenvalue weighted by Crippen LogP contribution is -2.09. The van der Waals surface area contributed by atoms with Gasteiger partial charge in [0.1, 0.15) is 6.33 Å². The average Bonchev–Trinajstić information content (AvgIpc) is 2.92. The van der Waals surface area contributed by atoms with Crippen LogP contribution >= 0.6 is 0 Å². The highest BCUT2D eigenvalue weighted by Crippen LogP contribution is 2.10. The lowest BCUT2D eigenvalue weighted by atomic mass is 10.5. The fourth-order valence-corrected chi connectivity index (χ4v) is 1.24. The lowest BCUT2D eigenvalue weighted by Gasteiger charge is -2.07. The normalized spacial score (nSPS) is 10.3. The summed E-state index contributed by atoms with van der Waals surface area (Å²) in [4.78, 5) is 16.3. The van der Waals surface area contributed by atoms with Gasteiger partial charge in [0.25, 0.3) is 0 Å². The minimum atomic E-state index is 0.0678. The van der Waals surface area contributed by atoms with Crippen LogP contribution < -0.4 is 10.1 Å². The van der Waals surface area contributed by atoms with E-state index in [1.165, 1.54) is 0 Å². The fraction of sp³-hybridized carbons (Fsp3) is 0.400. The summed E-state index contributed by atoms with van der Waals surface area (Å²) in [7, 11) is 1.71. The monoisotopic (exact) mass is 250 g/mol. The van der Waals surface area contributed by atoms with Crippen LogP contribution in [0.4, 0.5) is 5.95 Å². The van der Waals surface area contributed by atoms with E-state index in [-0.39, 0.29) is 12.6 Å². The molecule has 0 unspecified atom stereocenters. The molecule has 0 saturated heterocycles. The van der Waals surface area contributed by atoms with Crippen molar-refractivity contribution in [2.75, 3.05) is 25.6 Å².